The Kier molecular flexibility index (Phi) is 7.29. The predicted octanol–water partition coefficient (Wildman–Crippen LogP) is 1.74. The van der Waals surface area contributed by atoms with E-state index in [0.29, 0.717) is 5.69 Å². The van der Waals surface area contributed by atoms with E-state index in [1.807, 2.05) is 18.2 Å². The molecule has 0 aromatic heterocycles. The van der Waals surface area contributed by atoms with Gasteiger partial charge in [-0.2, -0.15) is 0 Å². The molecule has 2 aliphatic rings. The van der Waals surface area contributed by atoms with Crippen LogP contribution in [0.1, 0.15) is 26.3 Å². The van der Waals surface area contributed by atoms with Crippen LogP contribution in [0.4, 0.5) is 5.69 Å². The number of carbonyl (C=O) groups excluding carboxylic acids is 3. The lowest BCUT2D eigenvalue weighted by atomic mass is 10.1. The van der Waals surface area contributed by atoms with Crippen LogP contribution < -0.4 is 14.8 Å². The van der Waals surface area contributed by atoms with Crippen molar-refractivity contribution in [2.75, 3.05) is 59.1 Å². The Morgan fingerprint density at radius 2 is 1.47 bits per heavy atom. The maximum absolute atomic E-state index is 12.6. The van der Waals surface area contributed by atoms with Gasteiger partial charge in [0.15, 0.2) is 11.5 Å². The van der Waals surface area contributed by atoms with E-state index in [1.54, 1.807) is 0 Å². The molecular formula is C24H27N3O7. The summed E-state index contributed by atoms with van der Waals surface area (Å²) in [4.78, 5) is 40.9. The molecule has 1 fully saturated rings. The third-order valence-electron chi connectivity index (χ3n) is 5.73. The molecule has 4 rings (SSSR count). The van der Waals surface area contributed by atoms with Crippen molar-refractivity contribution in [2.24, 2.45) is 0 Å². The summed E-state index contributed by atoms with van der Waals surface area (Å²) in [5.41, 5.74) is 1.78. The minimum absolute atomic E-state index is 0.151. The van der Waals surface area contributed by atoms with Gasteiger partial charge in [0.2, 0.25) is 12.7 Å². The highest BCUT2D eigenvalue weighted by Gasteiger charge is 2.21. The first-order chi connectivity index (χ1) is 16.4. The number of piperazine rings is 1. The van der Waals surface area contributed by atoms with E-state index in [2.05, 4.69) is 15.1 Å². The average molecular weight is 469 g/mol. The van der Waals surface area contributed by atoms with Crippen molar-refractivity contribution in [3.8, 4) is 11.5 Å². The van der Waals surface area contributed by atoms with Crippen LogP contribution >= 0.6 is 0 Å². The number of nitrogens with one attached hydrogen (secondary N) is 1. The van der Waals surface area contributed by atoms with Crippen molar-refractivity contribution in [2.45, 2.75) is 6.54 Å². The van der Waals surface area contributed by atoms with Crippen molar-refractivity contribution < 1.29 is 33.3 Å². The second-order valence-corrected chi connectivity index (χ2v) is 8.07. The van der Waals surface area contributed by atoms with Gasteiger partial charge in [-0.05, 0) is 35.9 Å². The highest BCUT2D eigenvalue weighted by molar-refractivity contribution is 5.99. The Labute approximate surface area is 197 Å². The fourth-order valence-electron chi connectivity index (χ4n) is 3.98. The first-order valence-corrected chi connectivity index (χ1v) is 10.9. The Balaban J connectivity index is 1.30. The molecule has 1 saturated heterocycles. The van der Waals surface area contributed by atoms with Gasteiger partial charge >= 0.3 is 11.9 Å². The number of benzene rings is 2. The number of fused-ring (bicyclic) bond motifs is 1. The fourth-order valence-corrected chi connectivity index (χ4v) is 3.98. The summed E-state index contributed by atoms with van der Waals surface area (Å²) >= 11 is 0. The second kappa shape index (κ2) is 10.5. The van der Waals surface area contributed by atoms with Gasteiger partial charge in [0.1, 0.15) is 0 Å². The minimum Gasteiger partial charge on any atom is -0.465 e. The van der Waals surface area contributed by atoms with Crippen molar-refractivity contribution in [1.29, 1.82) is 0 Å². The monoisotopic (exact) mass is 469 g/mol. The van der Waals surface area contributed by atoms with Crippen molar-refractivity contribution >= 4 is 23.5 Å². The Hall–Kier alpha value is -3.63. The average Bonchev–Trinajstić information content (AvgIpc) is 3.32. The summed E-state index contributed by atoms with van der Waals surface area (Å²) in [5.74, 6) is 0.0940. The summed E-state index contributed by atoms with van der Waals surface area (Å²) in [6.07, 6.45) is 0. The van der Waals surface area contributed by atoms with Crippen LogP contribution in [0.3, 0.4) is 0 Å². The second-order valence-electron chi connectivity index (χ2n) is 8.07. The molecule has 0 aliphatic carbocycles. The topological polar surface area (TPSA) is 107 Å². The predicted molar refractivity (Wildman–Crippen MR) is 122 cm³/mol. The smallest absolute Gasteiger partial charge is 0.337 e. The molecule has 0 atom stereocenters. The SMILES string of the molecule is COC(=O)c1cc(NC(=O)CN2CCN(Cc3ccc4c(c3)OCO4)CC2)cc(C(=O)OC)c1. The lowest BCUT2D eigenvalue weighted by Gasteiger charge is -2.34. The number of ether oxygens (including phenoxy) is 4. The van der Waals surface area contributed by atoms with E-state index in [0.717, 1.165) is 49.8 Å². The molecule has 0 bridgehead atoms. The Morgan fingerprint density at radius 1 is 0.853 bits per heavy atom. The first kappa shape index (κ1) is 23.5. The third kappa shape index (κ3) is 5.64. The molecule has 0 saturated carbocycles. The summed E-state index contributed by atoms with van der Waals surface area (Å²) < 4.78 is 20.3. The highest BCUT2D eigenvalue weighted by atomic mass is 16.7. The van der Waals surface area contributed by atoms with E-state index in [1.165, 1.54) is 32.4 Å². The molecule has 180 valence electrons. The van der Waals surface area contributed by atoms with Gasteiger partial charge in [-0.3, -0.25) is 14.6 Å². The van der Waals surface area contributed by atoms with Crippen molar-refractivity contribution in [3.63, 3.8) is 0 Å². The molecule has 1 N–H and O–H groups in total. The van der Waals surface area contributed by atoms with Crippen molar-refractivity contribution in [3.05, 3.63) is 53.1 Å². The standard InChI is InChI=1S/C24H27N3O7/c1-31-23(29)17-10-18(24(30)32-2)12-19(11-17)25-22(28)14-27-7-5-26(6-8-27)13-16-3-4-20-21(9-16)34-15-33-20/h3-4,9-12H,5-8,13-15H2,1-2H3,(H,25,28). The summed E-state index contributed by atoms with van der Waals surface area (Å²) in [6, 6.07) is 10.3. The fraction of sp³-hybridized carbons (Fsp3) is 0.375. The summed E-state index contributed by atoms with van der Waals surface area (Å²) in [6.45, 7) is 4.40. The molecule has 2 aromatic rings. The van der Waals surface area contributed by atoms with E-state index in [-0.39, 0.29) is 30.4 Å². The maximum atomic E-state index is 12.6. The highest BCUT2D eigenvalue weighted by Crippen LogP contribution is 2.32. The molecule has 2 aromatic carbocycles. The molecule has 0 unspecified atom stereocenters. The molecule has 2 aliphatic heterocycles. The minimum atomic E-state index is -0.611. The molecule has 0 radical (unpaired) electrons. The molecule has 34 heavy (non-hydrogen) atoms. The maximum Gasteiger partial charge on any atom is 0.337 e. The molecular weight excluding hydrogens is 442 g/mol. The molecule has 0 spiro atoms. The summed E-state index contributed by atoms with van der Waals surface area (Å²) in [7, 11) is 2.50. The van der Waals surface area contributed by atoms with E-state index in [4.69, 9.17) is 18.9 Å². The number of hydrogen-bond donors (Lipinski definition) is 1. The van der Waals surface area contributed by atoms with Gasteiger partial charge in [0.05, 0.1) is 31.9 Å². The number of anilines is 1. The van der Waals surface area contributed by atoms with Crippen LogP contribution in [0.2, 0.25) is 0 Å². The Morgan fingerprint density at radius 3 is 2.12 bits per heavy atom. The lowest BCUT2D eigenvalue weighted by Crippen LogP contribution is -2.48. The lowest BCUT2D eigenvalue weighted by molar-refractivity contribution is -0.117. The number of hydrogen-bond acceptors (Lipinski definition) is 9. The van der Waals surface area contributed by atoms with E-state index in [9.17, 15) is 14.4 Å². The van der Waals surface area contributed by atoms with Crippen LogP contribution in [0.15, 0.2) is 36.4 Å². The molecule has 1 amide bonds. The number of esters is 2. The Bertz CT molecular complexity index is 1050. The zero-order valence-electron chi connectivity index (χ0n) is 19.2. The van der Waals surface area contributed by atoms with Crippen LogP contribution in [-0.2, 0) is 20.8 Å². The van der Waals surface area contributed by atoms with Crippen molar-refractivity contribution in [1.82, 2.24) is 9.80 Å². The van der Waals surface area contributed by atoms with Gasteiger partial charge in [0.25, 0.3) is 0 Å². The van der Waals surface area contributed by atoms with Crippen LogP contribution in [0.25, 0.3) is 0 Å². The van der Waals surface area contributed by atoms with Crippen LogP contribution in [0, 0.1) is 0 Å². The van der Waals surface area contributed by atoms with Gasteiger partial charge in [-0.15, -0.1) is 0 Å². The van der Waals surface area contributed by atoms with Gasteiger partial charge < -0.3 is 24.3 Å². The van der Waals surface area contributed by atoms with E-state index < -0.39 is 11.9 Å². The normalized spacial score (nSPS) is 15.6. The number of carbonyl (C=O) groups is 3. The zero-order valence-corrected chi connectivity index (χ0v) is 19.2. The van der Waals surface area contributed by atoms with Crippen LogP contribution in [-0.4, -0.2) is 81.4 Å². The number of amides is 1. The third-order valence-corrected chi connectivity index (χ3v) is 5.73. The zero-order chi connectivity index (χ0) is 24.1. The number of nitrogens with zero attached hydrogens (tertiary/aromatic N) is 2. The molecule has 2 heterocycles. The summed E-state index contributed by atoms with van der Waals surface area (Å²) in [5, 5.41) is 2.77. The van der Waals surface area contributed by atoms with Gasteiger partial charge in [-0.1, -0.05) is 6.07 Å². The number of rotatable bonds is 7. The first-order valence-electron chi connectivity index (χ1n) is 10.9. The molecule has 10 nitrogen and oxygen atoms in total. The van der Waals surface area contributed by atoms with Gasteiger partial charge in [-0.25, -0.2) is 9.59 Å². The van der Waals surface area contributed by atoms with E-state index >= 15 is 0 Å². The van der Waals surface area contributed by atoms with Gasteiger partial charge in [0, 0.05) is 38.4 Å². The molecule has 10 heteroatoms. The largest absolute Gasteiger partial charge is 0.465 e. The van der Waals surface area contributed by atoms with Crippen LogP contribution in [0.5, 0.6) is 11.5 Å². The number of methoxy groups -OCH3 is 2. The quantitative estimate of drug-likeness (QED) is 0.607.